The number of methoxy groups -OCH3 is 1. The Morgan fingerprint density at radius 1 is 1.35 bits per heavy atom. The molecule has 0 radical (unpaired) electrons. The SMILES string of the molecule is CN=C(NCC1CCN(C)C1)N1CC=C(c2cccc(OC)c2)CC1.I. The molecule has 1 fully saturated rings. The van der Waals surface area contributed by atoms with Gasteiger partial charge >= 0.3 is 0 Å². The molecule has 2 aliphatic rings. The molecular formula is C20H31IN4O. The summed E-state index contributed by atoms with van der Waals surface area (Å²) in [5.41, 5.74) is 2.65. The summed E-state index contributed by atoms with van der Waals surface area (Å²) in [7, 11) is 5.79. The van der Waals surface area contributed by atoms with Crippen molar-refractivity contribution >= 4 is 35.5 Å². The van der Waals surface area contributed by atoms with E-state index in [1.807, 2.05) is 13.1 Å². The maximum Gasteiger partial charge on any atom is 0.193 e. The number of nitrogens with one attached hydrogen (secondary N) is 1. The van der Waals surface area contributed by atoms with Gasteiger partial charge in [-0.05, 0) is 55.6 Å². The first kappa shape index (κ1) is 21.0. The Hall–Kier alpha value is -1.28. The van der Waals surface area contributed by atoms with Gasteiger partial charge < -0.3 is 19.9 Å². The van der Waals surface area contributed by atoms with Crippen LogP contribution in [0.4, 0.5) is 0 Å². The number of hydrogen-bond donors (Lipinski definition) is 1. The van der Waals surface area contributed by atoms with Crippen LogP contribution >= 0.6 is 24.0 Å². The highest BCUT2D eigenvalue weighted by Crippen LogP contribution is 2.25. The number of aliphatic imine (C=N–C) groups is 1. The first-order chi connectivity index (χ1) is 12.2. The third-order valence-electron chi connectivity index (χ3n) is 5.20. The number of rotatable bonds is 4. The van der Waals surface area contributed by atoms with E-state index in [1.54, 1.807) is 7.11 Å². The highest BCUT2D eigenvalue weighted by molar-refractivity contribution is 14.0. The molecule has 2 heterocycles. The van der Waals surface area contributed by atoms with Gasteiger partial charge in [-0.1, -0.05) is 18.2 Å². The number of halogens is 1. The van der Waals surface area contributed by atoms with Crippen LogP contribution in [0, 0.1) is 5.92 Å². The zero-order valence-electron chi connectivity index (χ0n) is 16.1. The monoisotopic (exact) mass is 470 g/mol. The molecule has 1 saturated heterocycles. The number of benzene rings is 1. The second-order valence-electron chi connectivity index (χ2n) is 7.00. The first-order valence-corrected chi connectivity index (χ1v) is 9.17. The van der Waals surface area contributed by atoms with E-state index in [9.17, 15) is 0 Å². The molecule has 0 aliphatic carbocycles. The van der Waals surface area contributed by atoms with Gasteiger partial charge in [-0.25, -0.2) is 0 Å². The minimum Gasteiger partial charge on any atom is -0.497 e. The lowest BCUT2D eigenvalue weighted by Crippen LogP contribution is -2.45. The first-order valence-electron chi connectivity index (χ1n) is 9.17. The van der Waals surface area contributed by atoms with Gasteiger partial charge in [0.2, 0.25) is 0 Å². The molecule has 1 unspecified atom stereocenters. The maximum atomic E-state index is 5.34. The van der Waals surface area contributed by atoms with Gasteiger partial charge in [0.15, 0.2) is 5.96 Å². The molecule has 1 aromatic carbocycles. The van der Waals surface area contributed by atoms with Crippen molar-refractivity contribution in [3.8, 4) is 5.75 Å². The molecule has 3 rings (SSSR count). The Kier molecular flexibility index (Phi) is 8.21. The third kappa shape index (κ3) is 5.36. The van der Waals surface area contributed by atoms with E-state index < -0.39 is 0 Å². The number of nitrogens with zero attached hydrogens (tertiary/aromatic N) is 3. The zero-order valence-corrected chi connectivity index (χ0v) is 18.4. The summed E-state index contributed by atoms with van der Waals surface area (Å²) in [5.74, 6) is 2.67. The Morgan fingerprint density at radius 3 is 2.81 bits per heavy atom. The summed E-state index contributed by atoms with van der Waals surface area (Å²) in [4.78, 5) is 9.22. The van der Waals surface area contributed by atoms with Gasteiger partial charge in [-0.2, -0.15) is 0 Å². The van der Waals surface area contributed by atoms with Crippen molar-refractivity contribution < 1.29 is 4.74 Å². The van der Waals surface area contributed by atoms with Crippen molar-refractivity contribution in [1.29, 1.82) is 0 Å². The topological polar surface area (TPSA) is 40.1 Å². The number of guanidine groups is 1. The van der Waals surface area contributed by atoms with E-state index >= 15 is 0 Å². The molecule has 1 N–H and O–H groups in total. The smallest absolute Gasteiger partial charge is 0.193 e. The molecule has 5 nitrogen and oxygen atoms in total. The number of ether oxygens (including phenoxy) is 1. The van der Waals surface area contributed by atoms with Crippen LogP contribution < -0.4 is 10.1 Å². The van der Waals surface area contributed by atoms with Gasteiger partial charge in [0.1, 0.15) is 5.75 Å². The van der Waals surface area contributed by atoms with Crippen molar-refractivity contribution in [3.05, 3.63) is 35.9 Å². The molecule has 144 valence electrons. The van der Waals surface area contributed by atoms with Crippen LogP contribution in [0.1, 0.15) is 18.4 Å². The molecule has 0 bridgehead atoms. The molecule has 2 aliphatic heterocycles. The lowest BCUT2D eigenvalue weighted by Gasteiger charge is -2.30. The highest BCUT2D eigenvalue weighted by Gasteiger charge is 2.21. The van der Waals surface area contributed by atoms with Crippen LogP contribution in [-0.2, 0) is 0 Å². The highest BCUT2D eigenvalue weighted by atomic mass is 127. The summed E-state index contributed by atoms with van der Waals surface area (Å²) in [6, 6.07) is 8.32. The fourth-order valence-electron chi connectivity index (χ4n) is 3.71. The van der Waals surface area contributed by atoms with Crippen LogP contribution in [0.5, 0.6) is 5.75 Å². The number of hydrogen-bond acceptors (Lipinski definition) is 3. The van der Waals surface area contributed by atoms with E-state index in [-0.39, 0.29) is 24.0 Å². The Balaban J connectivity index is 0.00000243. The quantitative estimate of drug-likeness (QED) is 0.418. The fraction of sp³-hybridized carbons (Fsp3) is 0.550. The molecule has 0 amide bonds. The van der Waals surface area contributed by atoms with E-state index in [0.717, 1.165) is 43.7 Å². The van der Waals surface area contributed by atoms with E-state index in [0.29, 0.717) is 0 Å². The summed E-state index contributed by atoms with van der Waals surface area (Å²) in [5, 5.41) is 3.57. The van der Waals surface area contributed by atoms with Crippen molar-refractivity contribution in [2.75, 3.05) is 53.9 Å². The average molecular weight is 470 g/mol. The predicted molar refractivity (Wildman–Crippen MR) is 120 cm³/mol. The Labute approximate surface area is 174 Å². The van der Waals surface area contributed by atoms with Crippen LogP contribution in [0.3, 0.4) is 0 Å². The van der Waals surface area contributed by atoms with Gasteiger partial charge in [0.25, 0.3) is 0 Å². The normalized spacial score (nSPS) is 21.2. The van der Waals surface area contributed by atoms with Gasteiger partial charge in [0.05, 0.1) is 7.11 Å². The summed E-state index contributed by atoms with van der Waals surface area (Å²) < 4.78 is 5.34. The van der Waals surface area contributed by atoms with E-state index in [1.165, 1.54) is 30.6 Å². The molecule has 0 aromatic heterocycles. The minimum absolute atomic E-state index is 0. The third-order valence-corrected chi connectivity index (χ3v) is 5.20. The molecule has 1 atom stereocenters. The van der Waals surface area contributed by atoms with Crippen LogP contribution in [0.15, 0.2) is 35.3 Å². The predicted octanol–water partition coefficient (Wildman–Crippen LogP) is 2.93. The summed E-state index contributed by atoms with van der Waals surface area (Å²) >= 11 is 0. The Bertz CT molecular complexity index is 646. The number of likely N-dealkylation sites (tertiary alicyclic amines) is 1. The molecule has 0 saturated carbocycles. The van der Waals surface area contributed by atoms with Crippen molar-refractivity contribution in [2.24, 2.45) is 10.9 Å². The van der Waals surface area contributed by atoms with E-state index in [2.05, 4.69) is 51.4 Å². The second-order valence-corrected chi connectivity index (χ2v) is 7.00. The standard InChI is InChI=1S/C20H30N4O.HI/c1-21-20(22-14-16-7-10-23(2)15-16)24-11-8-17(9-12-24)18-5-4-6-19(13-18)25-3;/h4-6,8,13,16H,7,9-12,14-15H2,1-3H3,(H,21,22);1H. The molecular weight excluding hydrogens is 439 g/mol. The van der Waals surface area contributed by atoms with Crippen LogP contribution in [0.2, 0.25) is 0 Å². The largest absolute Gasteiger partial charge is 0.497 e. The maximum absolute atomic E-state index is 5.34. The minimum atomic E-state index is 0. The lowest BCUT2D eigenvalue weighted by atomic mass is 9.99. The van der Waals surface area contributed by atoms with Crippen LogP contribution in [-0.4, -0.2) is 69.7 Å². The molecule has 26 heavy (non-hydrogen) atoms. The van der Waals surface area contributed by atoms with Crippen molar-refractivity contribution in [2.45, 2.75) is 12.8 Å². The van der Waals surface area contributed by atoms with Crippen molar-refractivity contribution in [3.63, 3.8) is 0 Å². The van der Waals surface area contributed by atoms with Crippen LogP contribution in [0.25, 0.3) is 5.57 Å². The second kappa shape index (κ2) is 10.2. The molecule has 0 spiro atoms. The molecule has 6 heteroatoms. The fourth-order valence-corrected chi connectivity index (χ4v) is 3.71. The van der Waals surface area contributed by atoms with Gasteiger partial charge in [0, 0.05) is 33.2 Å². The van der Waals surface area contributed by atoms with Crippen molar-refractivity contribution in [1.82, 2.24) is 15.1 Å². The van der Waals surface area contributed by atoms with Gasteiger partial charge in [-0.15, -0.1) is 24.0 Å². The summed E-state index contributed by atoms with van der Waals surface area (Å²) in [6.45, 7) is 5.30. The lowest BCUT2D eigenvalue weighted by molar-refractivity contribution is 0.388. The Morgan fingerprint density at radius 2 is 2.19 bits per heavy atom. The van der Waals surface area contributed by atoms with Gasteiger partial charge in [-0.3, -0.25) is 4.99 Å². The molecule has 1 aromatic rings. The summed E-state index contributed by atoms with van der Waals surface area (Å²) in [6.07, 6.45) is 4.62. The average Bonchev–Trinajstić information content (AvgIpc) is 3.08. The van der Waals surface area contributed by atoms with E-state index in [4.69, 9.17) is 4.74 Å². The zero-order chi connectivity index (χ0) is 17.6.